The molecule has 23 heavy (non-hydrogen) atoms. The Kier molecular flexibility index (Phi) is 4.45. The van der Waals surface area contributed by atoms with E-state index in [0.717, 1.165) is 0 Å². The average molecular weight is 316 g/mol. The van der Waals surface area contributed by atoms with Crippen molar-refractivity contribution >= 4 is 5.91 Å². The van der Waals surface area contributed by atoms with Gasteiger partial charge in [0.05, 0.1) is 18.2 Å². The van der Waals surface area contributed by atoms with Crippen molar-refractivity contribution in [3.8, 4) is 11.5 Å². The highest BCUT2D eigenvalue weighted by Crippen LogP contribution is 2.33. The van der Waals surface area contributed by atoms with Gasteiger partial charge in [-0.25, -0.2) is 4.98 Å². The van der Waals surface area contributed by atoms with Gasteiger partial charge in [0, 0.05) is 0 Å². The minimum Gasteiger partial charge on any atom is -0.486 e. The van der Waals surface area contributed by atoms with Gasteiger partial charge in [-0.05, 0) is 18.1 Å². The Morgan fingerprint density at radius 1 is 1.35 bits per heavy atom. The summed E-state index contributed by atoms with van der Waals surface area (Å²) in [5.41, 5.74) is 0.492. The summed E-state index contributed by atoms with van der Waals surface area (Å²) >= 11 is 0. The molecule has 1 amide bonds. The van der Waals surface area contributed by atoms with Gasteiger partial charge in [0.25, 0.3) is 5.91 Å². The van der Waals surface area contributed by atoms with Gasteiger partial charge in [-0.3, -0.25) is 9.48 Å². The minimum atomic E-state index is -0.175. The number of benzene rings is 1. The Hall–Kier alpha value is -2.57. The van der Waals surface area contributed by atoms with Crippen molar-refractivity contribution in [3.05, 3.63) is 36.4 Å². The summed E-state index contributed by atoms with van der Waals surface area (Å²) in [5.74, 6) is 1.20. The number of hydrogen-bond donors (Lipinski definition) is 1. The van der Waals surface area contributed by atoms with Crippen molar-refractivity contribution in [1.29, 1.82) is 0 Å². The van der Waals surface area contributed by atoms with E-state index in [0.29, 0.717) is 36.8 Å². The standard InChI is InChI=1S/C16H20N4O3/c1-11(2)13(8-20-10-17-9-18-20)19-16(21)12-4-3-5-14-15(12)23-7-6-22-14/h3-5,9-11,13H,6-8H2,1-2H3,(H,19,21)/t13-/m1/s1. The van der Waals surface area contributed by atoms with Crippen molar-refractivity contribution < 1.29 is 14.3 Å². The van der Waals surface area contributed by atoms with Crippen LogP contribution in [0.5, 0.6) is 11.5 Å². The maximum atomic E-state index is 12.7. The van der Waals surface area contributed by atoms with Gasteiger partial charge in [-0.15, -0.1) is 0 Å². The number of aromatic nitrogens is 3. The Bertz CT molecular complexity index is 670. The zero-order valence-electron chi connectivity index (χ0n) is 13.2. The maximum absolute atomic E-state index is 12.7. The molecule has 0 fully saturated rings. The van der Waals surface area contributed by atoms with Crippen LogP contribution >= 0.6 is 0 Å². The minimum absolute atomic E-state index is 0.0652. The van der Waals surface area contributed by atoms with E-state index in [-0.39, 0.29) is 17.9 Å². The molecule has 122 valence electrons. The van der Waals surface area contributed by atoms with Gasteiger partial charge in [0.2, 0.25) is 0 Å². The zero-order valence-corrected chi connectivity index (χ0v) is 13.2. The van der Waals surface area contributed by atoms with Crippen LogP contribution < -0.4 is 14.8 Å². The molecule has 7 heteroatoms. The summed E-state index contributed by atoms with van der Waals surface area (Å²) in [6.07, 6.45) is 3.13. The molecule has 1 atom stereocenters. The van der Waals surface area contributed by atoms with Gasteiger partial charge >= 0.3 is 0 Å². The summed E-state index contributed by atoms with van der Waals surface area (Å²) in [4.78, 5) is 16.6. The molecule has 2 heterocycles. The van der Waals surface area contributed by atoms with Crippen molar-refractivity contribution in [3.63, 3.8) is 0 Å². The van der Waals surface area contributed by atoms with Crippen molar-refractivity contribution in [2.24, 2.45) is 5.92 Å². The molecule has 0 spiro atoms. The first-order valence-corrected chi connectivity index (χ1v) is 7.67. The van der Waals surface area contributed by atoms with Crippen LogP contribution in [0.15, 0.2) is 30.9 Å². The lowest BCUT2D eigenvalue weighted by molar-refractivity contribution is 0.0908. The number of nitrogens with one attached hydrogen (secondary N) is 1. The van der Waals surface area contributed by atoms with Crippen LogP contribution in [-0.2, 0) is 6.54 Å². The van der Waals surface area contributed by atoms with Crippen LogP contribution in [0.3, 0.4) is 0 Å². The summed E-state index contributed by atoms with van der Waals surface area (Å²) in [6.45, 7) is 5.63. The predicted octanol–water partition coefficient (Wildman–Crippen LogP) is 1.50. The molecule has 0 aliphatic carbocycles. The monoisotopic (exact) mass is 316 g/mol. The number of hydrogen-bond acceptors (Lipinski definition) is 5. The first-order valence-electron chi connectivity index (χ1n) is 7.67. The molecule has 1 aromatic heterocycles. The molecular weight excluding hydrogens is 296 g/mol. The van der Waals surface area contributed by atoms with Gasteiger partial charge in [0.1, 0.15) is 25.9 Å². The summed E-state index contributed by atoms with van der Waals surface area (Å²) in [6, 6.07) is 5.28. The zero-order chi connectivity index (χ0) is 16.2. The van der Waals surface area contributed by atoms with E-state index in [1.165, 1.54) is 6.33 Å². The molecule has 0 unspecified atom stereocenters. The quantitative estimate of drug-likeness (QED) is 0.904. The topological polar surface area (TPSA) is 78.3 Å². The third-order valence-electron chi connectivity index (χ3n) is 3.78. The SMILES string of the molecule is CC(C)[C@@H](Cn1cncn1)NC(=O)c1cccc2c1OCCO2. The van der Waals surface area contributed by atoms with E-state index in [1.807, 2.05) is 0 Å². The number of carbonyl (C=O) groups is 1. The van der Waals surface area contributed by atoms with Crippen LogP contribution in [0.25, 0.3) is 0 Å². The molecular formula is C16H20N4O3. The smallest absolute Gasteiger partial charge is 0.255 e. The molecule has 1 aliphatic heterocycles. The second-order valence-electron chi connectivity index (χ2n) is 5.77. The van der Waals surface area contributed by atoms with E-state index in [9.17, 15) is 4.79 Å². The fourth-order valence-electron chi connectivity index (χ4n) is 2.45. The number of nitrogens with zero attached hydrogens (tertiary/aromatic N) is 3. The summed E-state index contributed by atoms with van der Waals surface area (Å²) in [7, 11) is 0. The molecule has 0 saturated carbocycles. The Morgan fingerprint density at radius 3 is 2.91 bits per heavy atom. The molecule has 0 saturated heterocycles. The highest BCUT2D eigenvalue weighted by molar-refractivity contribution is 5.98. The van der Waals surface area contributed by atoms with Crippen molar-refractivity contribution in [2.45, 2.75) is 26.4 Å². The Balaban J connectivity index is 1.77. The predicted molar refractivity (Wildman–Crippen MR) is 83.5 cm³/mol. The Morgan fingerprint density at radius 2 is 2.17 bits per heavy atom. The fraction of sp³-hybridized carbons (Fsp3) is 0.438. The fourth-order valence-corrected chi connectivity index (χ4v) is 2.45. The van der Waals surface area contributed by atoms with Gasteiger partial charge in [-0.1, -0.05) is 19.9 Å². The van der Waals surface area contributed by atoms with E-state index in [2.05, 4.69) is 29.2 Å². The van der Waals surface area contributed by atoms with Crippen molar-refractivity contribution in [2.75, 3.05) is 13.2 Å². The second kappa shape index (κ2) is 6.68. The van der Waals surface area contributed by atoms with Crippen LogP contribution in [0.2, 0.25) is 0 Å². The lowest BCUT2D eigenvalue weighted by Gasteiger charge is -2.24. The van der Waals surface area contributed by atoms with Crippen molar-refractivity contribution in [1.82, 2.24) is 20.1 Å². The molecule has 0 bridgehead atoms. The van der Waals surface area contributed by atoms with Gasteiger partial charge in [0.15, 0.2) is 11.5 Å². The molecule has 2 aromatic rings. The van der Waals surface area contributed by atoms with Crippen LogP contribution in [0.4, 0.5) is 0 Å². The number of para-hydroxylation sites is 1. The summed E-state index contributed by atoms with van der Waals surface area (Å²) < 4.78 is 12.8. The molecule has 1 aromatic carbocycles. The molecule has 1 aliphatic rings. The Labute approximate surface area is 134 Å². The summed E-state index contributed by atoms with van der Waals surface area (Å²) in [5, 5.41) is 7.16. The first kappa shape index (κ1) is 15.3. The van der Waals surface area contributed by atoms with E-state index >= 15 is 0 Å². The third kappa shape index (κ3) is 3.44. The number of amides is 1. The third-order valence-corrected chi connectivity index (χ3v) is 3.78. The molecule has 7 nitrogen and oxygen atoms in total. The van der Waals surface area contributed by atoms with Gasteiger partial charge in [-0.2, -0.15) is 5.10 Å². The van der Waals surface area contributed by atoms with Crippen LogP contribution in [0, 0.1) is 5.92 Å². The number of fused-ring (bicyclic) bond motifs is 1. The normalized spacial score (nSPS) is 14.6. The maximum Gasteiger partial charge on any atom is 0.255 e. The van der Waals surface area contributed by atoms with Crippen LogP contribution in [-0.4, -0.2) is 39.9 Å². The molecule has 0 radical (unpaired) electrons. The van der Waals surface area contributed by atoms with E-state index in [4.69, 9.17) is 9.47 Å². The molecule has 3 rings (SSSR count). The van der Waals surface area contributed by atoms with Crippen LogP contribution in [0.1, 0.15) is 24.2 Å². The largest absolute Gasteiger partial charge is 0.486 e. The van der Waals surface area contributed by atoms with E-state index < -0.39 is 0 Å². The van der Waals surface area contributed by atoms with E-state index in [1.54, 1.807) is 29.2 Å². The molecule has 1 N–H and O–H groups in total. The average Bonchev–Trinajstić information content (AvgIpc) is 3.06. The highest BCUT2D eigenvalue weighted by Gasteiger charge is 2.23. The lowest BCUT2D eigenvalue weighted by Crippen LogP contribution is -2.42. The second-order valence-corrected chi connectivity index (χ2v) is 5.77. The number of ether oxygens (including phenoxy) is 2. The first-order chi connectivity index (χ1) is 11.1. The number of carbonyl (C=O) groups excluding carboxylic acids is 1. The number of rotatable bonds is 5. The highest BCUT2D eigenvalue weighted by atomic mass is 16.6. The lowest BCUT2D eigenvalue weighted by atomic mass is 10.0. The van der Waals surface area contributed by atoms with Gasteiger partial charge < -0.3 is 14.8 Å².